The van der Waals surface area contributed by atoms with E-state index >= 15 is 0 Å². The maximum atomic E-state index is 11.8. The number of carbonyl (C=O) groups excluding carboxylic acids is 2. The first-order chi connectivity index (χ1) is 10.2. The number of aryl methyl sites for hydroxylation is 1. The minimum absolute atomic E-state index is 0.195. The third-order valence-electron chi connectivity index (χ3n) is 4.06. The monoisotopic (exact) mass is 284 g/mol. The minimum Gasteiger partial charge on any atom is -0.300 e. The summed E-state index contributed by atoms with van der Waals surface area (Å²) < 4.78 is 0. The predicted molar refractivity (Wildman–Crippen MR) is 85.1 cm³/mol. The average Bonchev–Trinajstić information content (AvgIpc) is 2.51. The maximum absolute atomic E-state index is 11.8. The minimum atomic E-state index is 0.195. The number of benzene rings is 1. The first kappa shape index (κ1) is 15.7. The van der Waals surface area contributed by atoms with Gasteiger partial charge in [0.05, 0.1) is 0 Å². The first-order valence-electron chi connectivity index (χ1n) is 8.00. The van der Waals surface area contributed by atoms with Gasteiger partial charge in [-0.15, -0.1) is 0 Å². The number of rotatable bonds is 7. The van der Waals surface area contributed by atoms with Crippen LogP contribution in [0, 0.1) is 5.92 Å². The van der Waals surface area contributed by atoms with Gasteiger partial charge in [0.25, 0.3) is 0 Å². The van der Waals surface area contributed by atoms with Crippen LogP contribution in [0.5, 0.6) is 0 Å². The predicted octanol–water partition coefficient (Wildman–Crippen LogP) is 4.28. The highest BCUT2D eigenvalue weighted by Crippen LogP contribution is 2.22. The molecule has 2 heteroatoms. The highest BCUT2D eigenvalue weighted by atomic mass is 16.1. The lowest BCUT2D eigenvalue weighted by molar-refractivity contribution is -0.121. The molecule has 0 amide bonds. The van der Waals surface area contributed by atoms with Crippen molar-refractivity contribution in [2.24, 2.45) is 5.92 Å². The number of carbonyl (C=O) groups is 2. The Labute approximate surface area is 127 Å². The Balaban J connectivity index is 1.62. The molecule has 21 heavy (non-hydrogen) atoms. The van der Waals surface area contributed by atoms with E-state index in [0.29, 0.717) is 24.5 Å². The van der Waals surface area contributed by atoms with Crippen molar-refractivity contribution in [3.05, 3.63) is 48.0 Å². The van der Waals surface area contributed by atoms with Crippen LogP contribution in [0.2, 0.25) is 0 Å². The van der Waals surface area contributed by atoms with E-state index in [0.717, 1.165) is 38.5 Å². The van der Waals surface area contributed by atoms with Crippen molar-refractivity contribution >= 4 is 11.6 Å². The molecule has 2 rings (SSSR count). The molecule has 2 nitrogen and oxygen atoms in total. The Morgan fingerprint density at radius 3 is 2.76 bits per heavy atom. The van der Waals surface area contributed by atoms with Crippen LogP contribution in [0.25, 0.3) is 0 Å². The van der Waals surface area contributed by atoms with Gasteiger partial charge in [-0.25, -0.2) is 0 Å². The number of hydrogen-bond acceptors (Lipinski definition) is 2. The van der Waals surface area contributed by atoms with Gasteiger partial charge in [-0.1, -0.05) is 36.4 Å². The fourth-order valence-electron chi connectivity index (χ4n) is 2.82. The highest BCUT2D eigenvalue weighted by molar-refractivity contribution is 5.89. The highest BCUT2D eigenvalue weighted by Gasteiger charge is 2.16. The maximum Gasteiger partial charge on any atom is 0.155 e. The molecule has 1 aromatic carbocycles. The smallest absolute Gasteiger partial charge is 0.155 e. The van der Waals surface area contributed by atoms with E-state index in [1.54, 1.807) is 6.08 Å². The molecule has 0 saturated heterocycles. The second-order valence-corrected chi connectivity index (χ2v) is 5.91. The van der Waals surface area contributed by atoms with Gasteiger partial charge in [0, 0.05) is 19.3 Å². The summed E-state index contributed by atoms with van der Waals surface area (Å²) >= 11 is 0. The van der Waals surface area contributed by atoms with E-state index in [2.05, 4.69) is 24.3 Å². The Kier molecular flexibility index (Phi) is 6.39. The number of hydrogen-bond donors (Lipinski definition) is 0. The van der Waals surface area contributed by atoms with Crippen LogP contribution >= 0.6 is 0 Å². The molecule has 1 atom stereocenters. The van der Waals surface area contributed by atoms with Crippen molar-refractivity contribution in [3.8, 4) is 0 Å². The zero-order valence-electron chi connectivity index (χ0n) is 12.6. The van der Waals surface area contributed by atoms with Gasteiger partial charge in [0.2, 0.25) is 0 Å². The summed E-state index contributed by atoms with van der Waals surface area (Å²) in [6.07, 6.45) is 10.6. The second kappa shape index (κ2) is 8.56. The zero-order chi connectivity index (χ0) is 14.9. The van der Waals surface area contributed by atoms with E-state index in [1.807, 2.05) is 12.1 Å². The van der Waals surface area contributed by atoms with Gasteiger partial charge in [-0.2, -0.15) is 0 Å². The summed E-state index contributed by atoms with van der Waals surface area (Å²) in [5.41, 5.74) is 1.33. The fraction of sp³-hybridized carbons (Fsp3) is 0.474. The SMILES string of the molecule is O=C(/C=C/[C@H]1CCCC(=O)C1)CCCCc1ccccc1. The summed E-state index contributed by atoms with van der Waals surface area (Å²) in [6, 6.07) is 10.4. The van der Waals surface area contributed by atoms with E-state index in [9.17, 15) is 9.59 Å². The quantitative estimate of drug-likeness (QED) is 0.553. The molecule has 0 bridgehead atoms. The topological polar surface area (TPSA) is 34.1 Å². The first-order valence-corrected chi connectivity index (χ1v) is 8.00. The van der Waals surface area contributed by atoms with Gasteiger partial charge in [-0.05, 0) is 49.7 Å². The Hall–Kier alpha value is -1.70. The molecule has 0 heterocycles. The Bertz CT molecular complexity index is 488. The van der Waals surface area contributed by atoms with Crippen molar-refractivity contribution < 1.29 is 9.59 Å². The van der Waals surface area contributed by atoms with Crippen LogP contribution in [0.3, 0.4) is 0 Å². The molecule has 112 valence electrons. The van der Waals surface area contributed by atoms with Crippen LogP contribution in [0.15, 0.2) is 42.5 Å². The fourth-order valence-corrected chi connectivity index (χ4v) is 2.82. The summed E-state index contributed by atoms with van der Waals surface area (Å²) in [7, 11) is 0. The summed E-state index contributed by atoms with van der Waals surface area (Å²) in [4.78, 5) is 23.2. The van der Waals surface area contributed by atoms with Gasteiger partial charge < -0.3 is 0 Å². The third kappa shape index (κ3) is 6.07. The summed E-state index contributed by atoms with van der Waals surface area (Å²) in [6.45, 7) is 0. The van der Waals surface area contributed by atoms with Gasteiger partial charge in [0.15, 0.2) is 5.78 Å². The van der Waals surface area contributed by atoms with E-state index in [4.69, 9.17) is 0 Å². The molecule has 0 aromatic heterocycles. The van der Waals surface area contributed by atoms with E-state index in [-0.39, 0.29) is 5.78 Å². The number of allylic oxidation sites excluding steroid dienone is 2. The molecule has 0 spiro atoms. The van der Waals surface area contributed by atoms with Crippen LogP contribution < -0.4 is 0 Å². The number of unbranched alkanes of at least 4 members (excludes halogenated alkanes) is 1. The molecule has 0 aliphatic heterocycles. The van der Waals surface area contributed by atoms with E-state index in [1.165, 1.54) is 5.56 Å². The van der Waals surface area contributed by atoms with Crippen LogP contribution in [-0.2, 0) is 16.0 Å². The standard InChI is InChI=1S/C19H24O2/c20-18(14-13-17-10-6-12-19(21)15-17)11-5-4-9-16-7-2-1-3-8-16/h1-3,7-8,13-14,17H,4-6,9-12,15H2/b14-13+/t17-/m1/s1. The summed E-state index contributed by atoms with van der Waals surface area (Å²) in [5.74, 6) is 0.826. The normalized spacial score (nSPS) is 19.0. The molecule has 1 aliphatic carbocycles. The lowest BCUT2D eigenvalue weighted by Crippen LogP contribution is -2.13. The molecular formula is C19H24O2. The lowest BCUT2D eigenvalue weighted by atomic mass is 9.88. The lowest BCUT2D eigenvalue weighted by Gasteiger charge is -2.16. The molecule has 0 N–H and O–H groups in total. The number of Topliss-reactive ketones (excluding diaryl/α,β-unsaturated/α-hetero) is 1. The Morgan fingerprint density at radius 2 is 2.00 bits per heavy atom. The molecule has 0 unspecified atom stereocenters. The third-order valence-corrected chi connectivity index (χ3v) is 4.06. The van der Waals surface area contributed by atoms with Crippen molar-refractivity contribution in [1.29, 1.82) is 0 Å². The number of ketones is 2. The molecular weight excluding hydrogens is 260 g/mol. The van der Waals surface area contributed by atoms with Crippen LogP contribution in [0.4, 0.5) is 0 Å². The zero-order valence-corrected chi connectivity index (χ0v) is 12.6. The van der Waals surface area contributed by atoms with Crippen molar-refractivity contribution in [1.82, 2.24) is 0 Å². The van der Waals surface area contributed by atoms with Crippen LogP contribution in [0.1, 0.15) is 50.5 Å². The van der Waals surface area contributed by atoms with E-state index < -0.39 is 0 Å². The van der Waals surface area contributed by atoms with Gasteiger partial charge >= 0.3 is 0 Å². The van der Waals surface area contributed by atoms with Gasteiger partial charge in [0.1, 0.15) is 5.78 Å². The Morgan fingerprint density at radius 1 is 1.19 bits per heavy atom. The van der Waals surface area contributed by atoms with Crippen molar-refractivity contribution in [2.75, 3.05) is 0 Å². The van der Waals surface area contributed by atoms with Crippen molar-refractivity contribution in [3.63, 3.8) is 0 Å². The molecule has 1 aliphatic rings. The molecule has 0 radical (unpaired) electrons. The largest absolute Gasteiger partial charge is 0.300 e. The average molecular weight is 284 g/mol. The van der Waals surface area contributed by atoms with Crippen LogP contribution in [-0.4, -0.2) is 11.6 Å². The molecule has 1 aromatic rings. The molecule has 1 saturated carbocycles. The van der Waals surface area contributed by atoms with Crippen molar-refractivity contribution in [2.45, 2.75) is 51.4 Å². The van der Waals surface area contributed by atoms with Gasteiger partial charge in [-0.3, -0.25) is 9.59 Å². The second-order valence-electron chi connectivity index (χ2n) is 5.91. The summed E-state index contributed by atoms with van der Waals surface area (Å²) in [5, 5.41) is 0. The molecule has 1 fully saturated rings.